The van der Waals surface area contributed by atoms with Crippen LogP contribution in [0.5, 0.6) is 0 Å². The summed E-state index contributed by atoms with van der Waals surface area (Å²) in [7, 11) is 0. The molecule has 5 radical (unpaired) electrons. The van der Waals surface area contributed by atoms with Crippen molar-refractivity contribution in [1.82, 2.24) is 0 Å². The van der Waals surface area contributed by atoms with Crippen LogP contribution in [0.25, 0.3) is 0 Å². The molecule has 0 atom stereocenters. The van der Waals surface area contributed by atoms with E-state index in [0.29, 0.717) is 0 Å². The van der Waals surface area contributed by atoms with Gasteiger partial charge in [-0.3, -0.25) is 0 Å². The molecule has 0 N–H and O–H groups in total. The van der Waals surface area contributed by atoms with E-state index in [2.05, 4.69) is 67.5 Å². The van der Waals surface area contributed by atoms with E-state index in [0.717, 1.165) is 12.8 Å². The van der Waals surface area contributed by atoms with Crippen LogP contribution >= 0.6 is 0 Å². The first-order valence-corrected chi connectivity index (χ1v) is 6.10. The van der Waals surface area contributed by atoms with E-state index in [1.54, 1.807) is 0 Å². The average Bonchev–Trinajstić information content (AvgIpc) is 2.80. The Balaban J connectivity index is 1.54. The third kappa shape index (κ3) is 2.52. The highest BCUT2D eigenvalue weighted by Gasteiger charge is 2.33. The first kappa shape index (κ1) is 10.8. The molecule has 0 heterocycles. The van der Waals surface area contributed by atoms with E-state index in [1.165, 1.54) is 23.3 Å². The minimum Gasteiger partial charge on any atom is -0.0762 e. The SMILES string of the molecule is [CH]1[C](CCc2ccccc2)[CH][C]2C=CC=C[C]12. The van der Waals surface area contributed by atoms with Gasteiger partial charge in [-0.1, -0.05) is 54.6 Å². The normalized spacial score (nSPS) is 20.9. The predicted molar refractivity (Wildman–Crippen MR) is 71.4 cm³/mol. The van der Waals surface area contributed by atoms with E-state index in [4.69, 9.17) is 0 Å². The summed E-state index contributed by atoms with van der Waals surface area (Å²) < 4.78 is 0. The molecule has 3 rings (SSSR count). The molecule has 2 aliphatic rings. The molecule has 0 heteroatoms. The van der Waals surface area contributed by atoms with Crippen molar-refractivity contribution in [2.24, 2.45) is 0 Å². The van der Waals surface area contributed by atoms with Gasteiger partial charge in [0.25, 0.3) is 0 Å². The summed E-state index contributed by atoms with van der Waals surface area (Å²) in [4.78, 5) is 0. The zero-order valence-electron chi connectivity index (χ0n) is 9.77. The van der Waals surface area contributed by atoms with Gasteiger partial charge in [-0.25, -0.2) is 0 Å². The van der Waals surface area contributed by atoms with Crippen LogP contribution in [0.4, 0.5) is 0 Å². The summed E-state index contributed by atoms with van der Waals surface area (Å²) in [5.41, 5.74) is 1.41. The molecule has 83 valence electrons. The van der Waals surface area contributed by atoms with Crippen LogP contribution in [0.2, 0.25) is 0 Å². The monoisotopic (exact) mass is 219 g/mol. The van der Waals surface area contributed by atoms with Crippen LogP contribution in [0, 0.1) is 30.6 Å². The maximum Gasteiger partial charge on any atom is 0.0127 e. The van der Waals surface area contributed by atoms with Crippen molar-refractivity contribution >= 4 is 0 Å². The number of hydrogen-bond donors (Lipinski definition) is 0. The van der Waals surface area contributed by atoms with Crippen molar-refractivity contribution in [2.45, 2.75) is 12.8 Å². The first-order chi connectivity index (χ1) is 8.42. The second kappa shape index (κ2) is 4.91. The van der Waals surface area contributed by atoms with E-state index in [-0.39, 0.29) is 0 Å². The van der Waals surface area contributed by atoms with E-state index in [9.17, 15) is 0 Å². The number of benzene rings is 1. The second-order valence-corrected chi connectivity index (χ2v) is 4.48. The fourth-order valence-corrected chi connectivity index (χ4v) is 2.29. The molecule has 0 unspecified atom stereocenters. The third-order valence-corrected chi connectivity index (χ3v) is 3.22. The molecule has 1 saturated carbocycles. The van der Waals surface area contributed by atoms with E-state index >= 15 is 0 Å². The van der Waals surface area contributed by atoms with Crippen molar-refractivity contribution in [3.8, 4) is 0 Å². The van der Waals surface area contributed by atoms with Crippen LogP contribution in [0.1, 0.15) is 12.0 Å². The standard InChI is InChI=1S/C17H15/c1-2-6-14(7-3-1)10-11-15-12-16-8-4-5-9-17(16)13-15/h1-9,12-13H,10-11H2. The van der Waals surface area contributed by atoms with Crippen LogP contribution in [0.3, 0.4) is 0 Å². The Hall–Kier alpha value is -1.30. The molecular formula is C17H15. The molecule has 17 heavy (non-hydrogen) atoms. The van der Waals surface area contributed by atoms with Gasteiger partial charge in [0.2, 0.25) is 0 Å². The summed E-state index contributed by atoms with van der Waals surface area (Å²) in [6.45, 7) is 0. The van der Waals surface area contributed by atoms with Crippen LogP contribution in [0.15, 0.2) is 54.6 Å². The van der Waals surface area contributed by atoms with Gasteiger partial charge in [0.15, 0.2) is 0 Å². The summed E-state index contributed by atoms with van der Waals surface area (Å²) in [6, 6.07) is 10.7. The minimum atomic E-state index is 1.12. The Morgan fingerprint density at radius 2 is 1.35 bits per heavy atom. The smallest absolute Gasteiger partial charge is 0.0127 e. The molecule has 0 aromatic heterocycles. The molecule has 1 fully saturated rings. The Kier molecular flexibility index (Phi) is 3.13. The van der Waals surface area contributed by atoms with Gasteiger partial charge in [0.05, 0.1) is 0 Å². The van der Waals surface area contributed by atoms with Crippen molar-refractivity contribution in [3.05, 3.63) is 90.8 Å². The molecule has 0 amide bonds. The number of fused-ring (bicyclic) bond motifs is 1. The van der Waals surface area contributed by atoms with Gasteiger partial charge in [0.1, 0.15) is 0 Å². The zero-order chi connectivity index (χ0) is 11.5. The highest BCUT2D eigenvalue weighted by Crippen LogP contribution is 2.44. The lowest BCUT2D eigenvalue weighted by Gasteiger charge is -2.11. The lowest BCUT2D eigenvalue weighted by Crippen LogP contribution is -1.99. The van der Waals surface area contributed by atoms with Crippen molar-refractivity contribution in [1.29, 1.82) is 0 Å². The molecule has 0 bridgehead atoms. The second-order valence-electron chi connectivity index (χ2n) is 4.48. The molecule has 1 aromatic carbocycles. The van der Waals surface area contributed by atoms with E-state index in [1.807, 2.05) is 0 Å². The maximum atomic E-state index is 2.30. The quantitative estimate of drug-likeness (QED) is 0.723. The van der Waals surface area contributed by atoms with Crippen molar-refractivity contribution in [3.63, 3.8) is 0 Å². The number of aryl methyl sites for hydroxylation is 1. The fourth-order valence-electron chi connectivity index (χ4n) is 2.29. The summed E-state index contributed by atoms with van der Waals surface area (Å²) in [5, 5.41) is 0. The Labute approximate surface area is 104 Å². The lowest BCUT2D eigenvalue weighted by atomic mass is 9.92. The van der Waals surface area contributed by atoms with Gasteiger partial charge < -0.3 is 0 Å². The molecule has 2 aliphatic carbocycles. The zero-order valence-corrected chi connectivity index (χ0v) is 9.77. The van der Waals surface area contributed by atoms with Gasteiger partial charge in [-0.2, -0.15) is 0 Å². The molecule has 0 saturated heterocycles. The lowest BCUT2D eigenvalue weighted by molar-refractivity contribution is 0.879. The van der Waals surface area contributed by atoms with E-state index < -0.39 is 0 Å². The molecule has 0 aliphatic heterocycles. The van der Waals surface area contributed by atoms with Crippen LogP contribution < -0.4 is 0 Å². The molecule has 0 spiro atoms. The Bertz CT molecular complexity index is 393. The predicted octanol–water partition coefficient (Wildman–Crippen LogP) is 3.89. The Morgan fingerprint density at radius 3 is 2.00 bits per heavy atom. The van der Waals surface area contributed by atoms with Crippen LogP contribution in [-0.2, 0) is 6.42 Å². The number of allylic oxidation sites excluding steroid dienone is 4. The van der Waals surface area contributed by atoms with Gasteiger partial charge in [-0.15, -0.1) is 0 Å². The average molecular weight is 219 g/mol. The third-order valence-electron chi connectivity index (χ3n) is 3.22. The van der Waals surface area contributed by atoms with Gasteiger partial charge in [-0.05, 0) is 37.2 Å². The first-order valence-electron chi connectivity index (χ1n) is 6.10. The largest absolute Gasteiger partial charge is 0.0762 e. The summed E-state index contributed by atoms with van der Waals surface area (Å²) in [5.74, 6) is 4.15. The van der Waals surface area contributed by atoms with Crippen molar-refractivity contribution in [2.75, 3.05) is 0 Å². The topological polar surface area (TPSA) is 0 Å². The maximum absolute atomic E-state index is 2.30. The fraction of sp³-hybridized carbons (Fsp3) is 0.118. The summed E-state index contributed by atoms with van der Waals surface area (Å²) >= 11 is 0. The molecule has 0 nitrogen and oxygen atoms in total. The van der Waals surface area contributed by atoms with Gasteiger partial charge >= 0.3 is 0 Å². The number of rotatable bonds is 3. The van der Waals surface area contributed by atoms with Gasteiger partial charge in [0, 0.05) is 11.8 Å². The highest BCUT2D eigenvalue weighted by molar-refractivity contribution is 5.61. The minimum absolute atomic E-state index is 1.12. The van der Waals surface area contributed by atoms with Crippen molar-refractivity contribution < 1.29 is 0 Å². The summed E-state index contributed by atoms with van der Waals surface area (Å²) in [6.07, 6.45) is 15.4. The Morgan fingerprint density at radius 1 is 0.706 bits per heavy atom. The van der Waals surface area contributed by atoms with Crippen LogP contribution in [-0.4, -0.2) is 0 Å². The highest BCUT2D eigenvalue weighted by atomic mass is 14.4. The molecular weight excluding hydrogens is 204 g/mol. The molecule has 1 aromatic rings. The number of hydrogen-bond acceptors (Lipinski definition) is 0.